The van der Waals surface area contributed by atoms with Gasteiger partial charge in [-0.15, -0.1) is 0 Å². The van der Waals surface area contributed by atoms with Crippen LogP contribution < -0.4 is 5.32 Å². The predicted molar refractivity (Wildman–Crippen MR) is 83.3 cm³/mol. The van der Waals surface area contributed by atoms with Gasteiger partial charge in [-0.2, -0.15) is 0 Å². The molecule has 0 aromatic heterocycles. The lowest BCUT2D eigenvalue weighted by Crippen LogP contribution is -2.53. The second-order valence-corrected chi connectivity index (χ2v) is 7.47. The number of hydrogen-bond donors (Lipinski definition) is 2. The van der Waals surface area contributed by atoms with E-state index in [9.17, 15) is 9.90 Å². The van der Waals surface area contributed by atoms with Gasteiger partial charge in [-0.05, 0) is 63.3 Å². The first-order valence-corrected chi connectivity index (χ1v) is 8.86. The fourth-order valence-electron chi connectivity index (χ4n) is 4.41. The summed E-state index contributed by atoms with van der Waals surface area (Å²) in [6.07, 6.45) is 8.99. The number of fused-ring (bicyclic) bond motifs is 1. The van der Waals surface area contributed by atoms with Crippen LogP contribution in [0.25, 0.3) is 0 Å². The van der Waals surface area contributed by atoms with Crippen molar-refractivity contribution < 1.29 is 9.90 Å². The molecule has 2 aliphatic carbocycles. The standard InChI is InChI=1S/C17H30N2O2/c1-2-17(16(20)21,18-15-7-8-15)9-4-10-19-11-13-5-3-6-14(13)12-19/h13-15,18H,2-12H2,1H3,(H,20,21). The molecule has 2 N–H and O–H groups in total. The molecule has 1 saturated heterocycles. The molecule has 0 spiro atoms. The third kappa shape index (κ3) is 3.42. The van der Waals surface area contributed by atoms with Gasteiger partial charge in [-0.3, -0.25) is 10.1 Å². The van der Waals surface area contributed by atoms with Crippen LogP contribution in [0.4, 0.5) is 0 Å². The zero-order valence-electron chi connectivity index (χ0n) is 13.3. The topological polar surface area (TPSA) is 52.6 Å². The molecule has 3 unspecified atom stereocenters. The summed E-state index contributed by atoms with van der Waals surface area (Å²) in [5.41, 5.74) is -0.684. The molecule has 4 nitrogen and oxygen atoms in total. The van der Waals surface area contributed by atoms with Gasteiger partial charge in [-0.25, -0.2) is 0 Å². The Hall–Kier alpha value is -0.610. The minimum Gasteiger partial charge on any atom is -0.480 e. The number of nitrogens with one attached hydrogen (secondary N) is 1. The Labute approximate surface area is 128 Å². The summed E-state index contributed by atoms with van der Waals surface area (Å²) in [7, 11) is 0. The summed E-state index contributed by atoms with van der Waals surface area (Å²) in [4.78, 5) is 14.3. The maximum Gasteiger partial charge on any atom is 0.323 e. The predicted octanol–water partition coefficient (Wildman–Crippen LogP) is 2.48. The number of rotatable bonds is 8. The number of aliphatic carboxylic acids is 1. The van der Waals surface area contributed by atoms with Crippen LogP contribution in [0.1, 0.15) is 58.3 Å². The van der Waals surface area contributed by atoms with Crippen molar-refractivity contribution in [2.24, 2.45) is 11.8 Å². The molecule has 3 rings (SSSR count). The normalized spacial score (nSPS) is 32.0. The third-order valence-corrected chi connectivity index (χ3v) is 5.95. The molecule has 0 radical (unpaired) electrons. The molecule has 2 saturated carbocycles. The number of carboxylic acid groups (broad SMARTS) is 1. The van der Waals surface area contributed by atoms with Gasteiger partial charge in [0.15, 0.2) is 0 Å². The number of carboxylic acids is 1. The number of hydrogen-bond acceptors (Lipinski definition) is 3. The first kappa shape index (κ1) is 15.3. The van der Waals surface area contributed by atoms with Crippen molar-refractivity contribution in [1.29, 1.82) is 0 Å². The van der Waals surface area contributed by atoms with Crippen LogP contribution in [-0.2, 0) is 4.79 Å². The average molecular weight is 294 g/mol. The van der Waals surface area contributed by atoms with Crippen LogP contribution in [0.3, 0.4) is 0 Å². The lowest BCUT2D eigenvalue weighted by atomic mass is 9.90. The van der Waals surface area contributed by atoms with Crippen molar-refractivity contribution in [2.45, 2.75) is 69.9 Å². The van der Waals surface area contributed by atoms with E-state index in [1.165, 1.54) is 32.4 Å². The average Bonchev–Trinajstić information content (AvgIpc) is 3.01. The minimum atomic E-state index is -0.684. The van der Waals surface area contributed by atoms with E-state index in [4.69, 9.17) is 0 Å². The van der Waals surface area contributed by atoms with E-state index in [1.807, 2.05) is 6.92 Å². The molecule has 3 aliphatic rings. The van der Waals surface area contributed by atoms with E-state index >= 15 is 0 Å². The van der Waals surface area contributed by atoms with Crippen LogP contribution in [0, 0.1) is 11.8 Å². The summed E-state index contributed by atoms with van der Waals surface area (Å²) < 4.78 is 0. The highest BCUT2D eigenvalue weighted by atomic mass is 16.4. The summed E-state index contributed by atoms with van der Waals surface area (Å²) in [6.45, 7) is 5.60. The highest BCUT2D eigenvalue weighted by Gasteiger charge is 2.41. The number of carbonyl (C=O) groups is 1. The second-order valence-electron chi connectivity index (χ2n) is 7.47. The van der Waals surface area contributed by atoms with Gasteiger partial charge >= 0.3 is 5.97 Å². The number of nitrogens with zero attached hydrogens (tertiary/aromatic N) is 1. The maximum atomic E-state index is 11.7. The molecule has 4 heteroatoms. The van der Waals surface area contributed by atoms with Gasteiger partial charge in [0.1, 0.15) is 5.54 Å². The molecule has 3 fully saturated rings. The lowest BCUT2D eigenvalue weighted by Gasteiger charge is -2.30. The van der Waals surface area contributed by atoms with E-state index in [0.29, 0.717) is 12.5 Å². The van der Waals surface area contributed by atoms with Crippen LogP contribution >= 0.6 is 0 Å². The molecule has 21 heavy (non-hydrogen) atoms. The molecular weight excluding hydrogens is 264 g/mol. The Morgan fingerprint density at radius 1 is 1.24 bits per heavy atom. The second kappa shape index (κ2) is 6.25. The Balaban J connectivity index is 1.46. The van der Waals surface area contributed by atoms with Gasteiger partial charge in [0.25, 0.3) is 0 Å². The first-order chi connectivity index (χ1) is 10.1. The van der Waals surface area contributed by atoms with Crippen LogP contribution in [0.2, 0.25) is 0 Å². The molecule has 0 aromatic rings. The Morgan fingerprint density at radius 2 is 1.90 bits per heavy atom. The van der Waals surface area contributed by atoms with E-state index < -0.39 is 11.5 Å². The lowest BCUT2D eigenvalue weighted by molar-refractivity contribution is -0.145. The molecule has 120 valence electrons. The van der Waals surface area contributed by atoms with Crippen LogP contribution in [0.15, 0.2) is 0 Å². The molecule has 3 atom stereocenters. The molecule has 0 aromatic carbocycles. The van der Waals surface area contributed by atoms with Crippen molar-refractivity contribution in [3.8, 4) is 0 Å². The molecule has 1 aliphatic heterocycles. The SMILES string of the molecule is CCC(CCCN1CC2CCCC2C1)(NC1CC1)C(=O)O. The van der Waals surface area contributed by atoms with Gasteiger partial charge in [0.2, 0.25) is 0 Å². The summed E-state index contributed by atoms with van der Waals surface area (Å²) in [5.74, 6) is 1.21. The summed E-state index contributed by atoms with van der Waals surface area (Å²) in [6, 6.07) is 0.451. The van der Waals surface area contributed by atoms with E-state index in [-0.39, 0.29) is 0 Å². The van der Waals surface area contributed by atoms with Crippen LogP contribution in [0.5, 0.6) is 0 Å². The van der Waals surface area contributed by atoms with Crippen molar-refractivity contribution in [2.75, 3.05) is 19.6 Å². The van der Waals surface area contributed by atoms with Gasteiger partial charge < -0.3 is 10.0 Å². The Bertz CT molecular complexity index is 371. The molecular formula is C17H30N2O2. The van der Waals surface area contributed by atoms with Crippen LogP contribution in [-0.4, -0.2) is 47.2 Å². The first-order valence-electron chi connectivity index (χ1n) is 8.86. The van der Waals surface area contributed by atoms with E-state index in [1.54, 1.807) is 0 Å². The third-order valence-electron chi connectivity index (χ3n) is 5.95. The van der Waals surface area contributed by atoms with Gasteiger partial charge in [0, 0.05) is 19.1 Å². The maximum absolute atomic E-state index is 11.7. The molecule has 0 bridgehead atoms. The number of likely N-dealkylation sites (tertiary alicyclic amines) is 1. The van der Waals surface area contributed by atoms with E-state index in [2.05, 4.69) is 10.2 Å². The highest BCUT2D eigenvalue weighted by molar-refractivity contribution is 5.78. The molecule has 0 amide bonds. The fraction of sp³-hybridized carbons (Fsp3) is 0.941. The largest absolute Gasteiger partial charge is 0.480 e. The van der Waals surface area contributed by atoms with Gasteiger partial charge in [-0.1, -0.05) is 13.3 Å². The summed E-state index contributed by atoms with van der Waals surface area (Å²) in [5, 5.41) is 13.0. The monoisotopic (exact) mass is 294 g/mol. The van der Waals surface area contributed by atoms with Crippen molar-refractivity contribution in [3.63, 3.8) is 0 Å². The van der Waals surface area contributed by atoms with Gasteiger partial charge in [0.05, 0.1) is 0 Å². The van der Waals surface area contributed by atoms with Crippen molar-refractivity contribution >= 4 is 5.97 Å². The van der Waals surface area contributed by atoms with Crippen molar-refractivity contribution in [1.82, 2.24) is 10.2 Å². The van der Waals surface area contributed by atoms with E-state index in [0.717, 1.165) is 44.1 Å². The van der Waals surface area contributed by atoms with Crippen molar-refractivity contribution in [3.05, 3.63) is 0 Å². The smallest absolute Gasteiger partial charge is 0.323 e. The quantitative estimate of drug-likeness (QED) is 0.722. The Kier molecular flexibility index (Phi) is 4.55. The zero-order chi connectivity index (χ0) is 14.9. The zero-order valence-corrected chi connectivity index (χ0v) is 13.3. The Morgan fingerprint density at radius 3 is 2.43 bits per heavy atom. The summed E-state index contributed by atoms with van der Waals surface area (Å²) >= 11 is 0. The fourth-order valence-corrected chi connectivity index (χ4v) is 4.41. The minimum absolute atomic E-state index is 0.451. The molecule has 1 heterocycles. The highest BCUT2D eigenvalue weighted by Crippen LogP contribution is 2.37.